The Hall–Kier alpha value is -0.0987. The SMILES string of the molecule is C[Si](C)(C)O[SiH2]C(=Cc1ccccc1)O[Si](O[Si](C)(C)C)(O[Si](C)(C)C)O[Si](C)(C)C. The molecule has 0 aromatic heterocycles. The quantitative estimate of drug-likeness (QED) is 0.247. The van der Waals surface area contributed by atoms with Gasteiger partial charge in [-0.15, -0.1) is 0 Å². The predicted octanol–water partition coefficient (Wildman–Crippen LogP) is 5.93. The Bertz CT molecular complexity index is 674. The summed E-state index contributed by atoms with van der Waals surface area (Å²) in [5, 5.41) is 0.843. The van der Waals surface area contributed by atoms with E-state index in [4.69, 9.17) is 20.9 Å². The lowest BCUT2D eigenvalue weighted by Crippen LogP contribution is -2.62. The zero-order chi connectivity index (χ0) is 24.1. The molecule has 0 aliphatic carbocycles. The number of benzene rings is 1. The molecule has 1 rings (SSSR count). The van der Waals surface area contributed by atoms with E-state index in [0.29, 0.717) is 0 Å². The summed E-state index contributed by atoms with van der Waals surface area (Å²) in [5.74, 6) is 0. The lowest BCUT2D eigenvalue weighted by atomic mass is 10.2. The first kappa shape index (κ1) is 28.9. The van der Waals surface area contributed by atoms with E-state index in [2.05, 4.69) is 96.8 Å². The van der Waals surface area contributed by atoms with Gasteiger partial charge in [0.25, 0.3) is 0 Å². The molecule has 5 nitrogen and oxygen atoms in total. The Morgan fingerprint density at radius 2 is 1.06 bits per heavy atom. The van der Waals surface area contributed by atoms with Crippen LogP contribution in [0.4, 0.5) is 0 Å². The molecule has 0 unspecified atom stereocenters. The lowest BCUT2D eigenvalue weighted by molar-refractivity contribution is 0.124. The molecule has 0 bridgehead atoms. The van der Waals surface area contributed by atoms with E-state index in [9.17, 15) is 0 Å². The van der Waals surface area contributed by atoms with Crippen LogP contribution in [0.2, 0.25) is 78.6 Å². The van der Waals surface area contributed by atoms with Gasteiger partial charge in [0.05, 0.1) is 5.38 Å². The fraction of sp³-hybridized carbons (Fsp3) is 0.600. The molecule has 0 radical (unpaired) electrons. The van der Waals surface area contributed by atoms with E-state index in [1.807, 2.05) is 18.2 Å². The average Bonchev–Trinajstić information content (AvgIpc) is 2.47. The molecule has 0 aliphatic heterocycles. The summed E-state index contributed by atoms with van der Waals surface area (Å²) in [7, 11) is -12.3. The van der Waals surface area contributed by atoms with Gasteiger partial charge in [0.15, 0.2) is 33.3 Å². The van der Waals surface area contributed by atoms with E-state index in [1.165, 1.54) is 0 Å². The van der Waals surface area contributed by atoms with Crippen LogP contribution in [0.5, 0.6) is 0 Å². The van der Waals surface area contributed by atoms with Crippen molar-refractivity contribution in [3.05, 3.63) is 41.3 Å². The van der Waals surface area contributed by atoms with Crippen LogP contribution in [0.1, 0.15) is 5.56 Å². The molecule has 0 fully saturated rings. The van der Waals surface area contributed by atoms with E-state index >= 15 is 0 Å². The van der Waals surface area contributed by atoms with Gasteiger partial charge in [-0.1, -0.05) is 30.3 Å². The van der Waals surface area contributed by atoms with E-state index in [1.54, 1.807) is 0 Å². The first-order chi connectivity index (χ1) is 13.8. The normalized spacial score (nSPS) is 15.0. The van der Waals surface area contributed by atoms with Crippen molar-refractivity contribution in [2.45, 2.75) is 78.6 Å². The van der Waals surface area contributed by atoms with Gasteiger partial charge in [-0.25, -0.2) is 0 Å². The molecular weight excluding hydrogens is 489 g/mol. The second-order valence-corrected chi connectivity index (χ2v) is 34.4. The van der Waals surface area contributed by atoms with Crippen molar-refractivity contribution >= 4 is 58.2 Å². The summed E-state index contributed by atoms with van der Waals surface area (Å²) in [6.45, 7) is 26.1. The highest BCUT2D eigenvalue weighted by molar-refractivity contribution is 6.88. The van der Waals surface area contributed by atoms with Crippen molar-refractivity contribution < 1.29 is 20.9 Å². The molecule has 0 spiro atoms. The van der Waals surface area contributed by atoms with Crippen LogP contribution in [0.15, 0.2) is 35.7 Å². The summed E-state index contributed by atoms with van der Waals surface area (Å²) in [5.41, 5.74) is 1.08. The van der Waals surface area contributed by atoms with Crippen molar-refractivity contribution in [1.29, 1.82) is 0 Å². The summed E-state index contributed by atoms with van der Waals surface area (Å²) in [6.07, 6.45) is 2.09. The van der Waals surface area contributed by atoms with Crippen LogP contribution < -0.4 is 0 Å². The van der Waals surface area contributed by atoms with Gasteiger partial charge < -0.3 is 20.9 Å². The van der Waals surface area contributed by atoms with Crippen molar-refractivity contribution in [1.82, 2.24) is 0 Å². The highest BCUT2D eigenvalue weighted by Gasteiger charge is 2.56. The summed E-state index contributed by atoms with van der Waals surface area (Å²) >= 11 is 0. The molecule has 11 heteroatoms. The maximum absolute atomic E-state index is 6.76. The van der Waals surface area contributed by atoms with Gasteiger partial charge in [-0.05, 0) is 90.2 Å². The highest BCUT2D eigenvalue weighted by Crippen LogP contribution is 2.29. The van der Waals surface area contributed by atoms with Crippen molar-refractivity contribution in [2.24, 2.45) is 0 Å². The third kappa shape index (κ3) is 13.9. The molecule has 1 aromatic carbocycles. The molecular formula is C20H44O5Si6. The number of hydrogen-bond acceptors (Lipinski definition) is 5. The zero-order valence-corrected chi connectivity index (χ0v) is 28.1. The molecule has 178 valence electrons. The van der Waals surface area contributed by atoms with Crippen molar-refractivity contribution in [2.75, 3.05) is 0 Å². The maximum atomic E-state index is 6.76. The maximum Gasteiger partial charge on any atom is 0.717 e. The minimum Gasteiger partial charge on any atom is -0.488 e. The summed E-state index contributed by atoms with van der Waals surface area (Å²) in [4.78, 5) is 0. The van der Waals surface area contributed by atoms with Crippen LogP contribution in [0.3, 0.4) is 0 Å². The highest BCUT2D eigenvalue weighted by atomic mass is 28.5. The Morgan fingerprint density at radius 1 is 0.645 bits per heavy atom. The zero-order valence-electron chi connectivity index (χ0n) is 21.7. The Morgan fingerprint density at radius 3 is 1.42 bits per heavy atom. The fourth-order valence-electron chi connectivity index (χ4n) is 2.53. The first-order valence-corrected chi connectivity index (χ1v) is 27.5. The summed E-state index contributed by atoms with van der Waals surface area (Å²) in [6, 6.07) is 10.2. The molecule has 0 aliphatic rings. The van der Waals surface area contributed by atoms with Gasteiger partial charge in [-0.3, -0.25) is 0 Å². The largest absolute Gasteiger partial charge is 0.717 e. The van der Waals surface area contributed by atoms with E-state index in [-0.39, 0.29) is 0 Å². The Balaban J connectivity index is 3.48. The van der Waals surface area contributed by atoms with Gasteiger partial charge in [0.2, 0.25) is 9.76 Å². The van der Waals surface area contributed by atoms with Crippen LogP contribution in [-0.2, 0) is 20.9 Å². The number of hydrogen-bond donors (Lipinski definition) is 0. The van der Waals surface area contributed by atoms with E-state index < -0.39 is 52.1 Å². The minimum atomic E-state index is -3.43. The smallest absolute Gasteiger partial charge is 0.488 e. The second-order valence-electron chi connectivity index (χ2n) is 11.7. The first-order valence-electron chi connectivity index (χ1n) is 11.0. The van der Waals surface area contributed by atoms with Gasteiger partial charge in [-0.2, -0.15) is 0 Å². The fourth-order valence-corrected chi connectivity index (χ4v) is 17.4. The number of rotatable bonds is 12. The third-order valence-corrected chi connectivity index (χ3v) is 19.1. The van der Waals surface area contributed by atoms with Crippen molar-refractivity contribution in [3.63, 3.8) is 0 Å². The second kappa shape index (κ2) is 10.9. The molecule has 0 atom stereocenters. The molecule has 0 saturated carbocycles. The van der Waals surface area contributed by atoms with Crippen LogP contribution in [0.25, 0.3) is 6.08 Å². The van der Waals surface area contributed by atoms with Crippen LogP contribution in [0, 0.1) is 0 Å². The molecule has 31 heavy (non-hydrogen) atoms. The van der Waals surface area contributed by atoms with Crippen LogP contribution >= 0.6 is 0 Å². The topological polar surface area (TPSA) is 46.2 Å². The van der Waals surface area contributed by atoms with Gasteiger partial charge in [0.1, 0.15) is 0 Å². The van der Waals surface area contributed by atoms with Gasteiger partial charge in [0, 0.05) is 0 Å². The van der Waals surface area contributed by atoms with Crippen LogP contribution in [-0.4, -0.2) is 52.1 Å². The Labute approximate surface area is 198 Å². The van der Waals surface area contributed by atoms with E-state index in [0.717, 1.165) is 10.9 Å². The summed E-state index contributed by atoms with van der Waals surface area (Å²) < 4.78 is 33.2. The molecule has 0 amide bonds. The van der Waals surface area contributed by atoms with Crippen molar-refractivity contribution in [3.8, 4) is 0 Å². The Kier molecular flexibility index (Phi) is 10.2. The molecule has 0 heterocycles. The average molecular weight is 533 g/mol. The standard InChI is InChI=1S/C20H44O5Si6/c1-27(2,3)22-26-20(18-19-16-14-13-15-17-19)21-31(23-28(4,5)6,24-29(7,8)9)25-30(10,11)12/h13-18H,26H2,1-12H3. The molecule has 0 N–H and O–H groups in total. The minimum absolute atomic E-state index is 0.843. The predicted molar refractivity (Wildman–Crippen MR) is 148 cm³/mol. The molecule has 1 aromatic rings. The molecule has 0 saturated heterocycles. The van der Waals surface area contributed by atoms with Gasteiger partial charge >= 0.3 is 9.05 Å². The third-order valence-electron chi connectivity index (χ3n) is 3.32. The monoisotopic (exact) mass is 532 g/mol. The lowest BCUT2D eigenvalue weighted by Gasteiger charge is -2.41.